The lowest BCUT2D eigenvalue weighted by molar-refractivity contribution is -0.386. The summed E-state index contributed by atoms with van der Waals surface area (Å²) in [4.78, 5) is 25.8. The lowest BCUT2D eigenvalue weighted by atomic mass is 9.56. The summed E-state index contributed by atoms with van der Waals surface area (Å²) in [6, 6.07) is 7.59. The highest BCUT2D eigenvalue weighted by Crippen LogP contribution is 2.54. The highest BCUT2D eigenvalue weighted by molar-refractivity contribution is 5.94. The number of aromatic nitrogens is 2. The molecule has 0 spiro atoms. The Kier molecular flexibility index (Phi) is 4.92. The summed E-state index contributed by atoms with van der Waals surface area (Å²) in [6.07, 6.45) is 1.24. The first kappa shape index (κ1) is 20.5. The fraction of sp³-hybridized carbons (Fsp3) is 0.545. The van der Waals surface area contributed by atoms with E-state index in [2.05, 4.69) is 18.9 Å². The van der Waals surface area contributed by atoms with Crippen LogP contribution in [0.4, 0.5) is 5.69 Å². The zero-order chi connectivity index (χ0) is 21.8. The van der Waals surface area contributed by atoms with Gasteiger partial charge in [-0.05, 0) is 38.0 Å². The van der Waals surface area contributed by atoms with E-state index in [4.69, 9.17) is 4.74 Å². The van der Waals surface area contributed by atoms with Crippen LogP contribution in [0.2, 0.25) is 0 Å². The number of amides is 1. The maximum Gasteiger partial charge on any atom is 0.312 e. The number of carbonyl (C=O) groups excluding carboxylic acids is 1. The molecule has 8 heteroatoms. The van der Waals surface area contributed by atoms with Gasteiger partial charge in [0, 0.05) is 36.6 Å². The van der Waals surface area contributed by atoms with Crippen molar-refractivity contribution in [3.63, 3.8) is 0 Å². The molecule has 3 unspecified atom stereocenters. The minimum Gasteiger partial charge on any atom is -0.377 e. The van der Waals surface area contributed by atoms with Crippen LogP contribution in [0.5, 0.6) is 0 Å². The van der Waals surface area contributed by atoms with Gasteiger partial charge in [-0.15, -0.1) is 0 Å². The average molecular weight is 412 g/mol. The van der Waals surface area contributed by atoms with E-state index in [0.717, 1.165) is 18.6 Å². The molecule has 30 heavy (non-hydrogen) atoms. The number of benzene rings is 1. The van der Waals surface area contributed by atoms with E-state index in [1.54, 1.807) is 18.5 Å². The first-order valence-corrected chi connectivity index (χ1v) is 10.3. The van der Waals surface area contributed by atoms with Crippen LogP contribution in [0.1, 0.15) is 47.6 Å². The molecule has 0 N–H and O–H groups in total. The lowest BCUT2D eigenvalue weighted by Crippen LogP contribution is -2.66. The van der Waals surface area contributed by atoms with Crippen molar-refractivity contribution in [2.75, 3.05) is 13.7 Å². The van der Waals surface area contributed by atoms with Crippen molar-refractivity contribution >= 4 is 11.6 Å². The molecule has 4 rings (SSSR count). The standard InChI is InChI=1S/C22H28N4O4/c1-13-18(26(28)29)14(2)25(23-13)12-15-6-8-16(9-7-15)21(27)24(5)19-17-10-11-30-20(17)22(19,3)4/h6-9,17,19-20H,10-12H2,1-5H3. The van der Waals surface area contributed by atoms with Crippen molar-refractivity contribution in [1.29, 1.82) is 0 Å². The van der Waals surface area contributed by atoms with Gasteiger partial charge in [0.25, 0.3) is 5.91 Å². The Morgan fingerprint density at radius 3 is 2.60 bits per heavy atom. The molecule has 160 valence electrons. The normalized spacial score (nSPS) is 24.2. The van der Waals surface area contributed by atoms with Crippen molar-refractivity contribution in [2.24, 2.45) is 11.3 Å². The average Bonchev–Trinajstić information content (AvgIpc) is 3.24. The van der Waals surface area contributed by atoms with Gasteiger partial charge >= 0.3 is 5.69 Å². The first-order chi connectivity index (χ1) is 14.1. The van der Waals surface area contributed by atoms with Crippen LogP contribution >= 0.6 is 0 Å². The molecule has 3 atom stereocenters. The van der Waals surface area contributed by atoms with E-state index in [1.807, 2.05) is 36.2 Å². The molecule has 2 fully saturated rings. The maximum absolute atomic E-state index is 13.1. The quantitative estimate of drug-likeness (QED) is 0.555. The molecular weight excluding hydrogens is 384 g/mol. The van der Waals surface area contributed by atoms with Crippen LogP contribution in [-0.4, -0.2) is 51.3 Å². The van der Waals surface area contributed by atoms with Gasteiger partial charge in [-0.3, -0.25) is 19.6 Å². The van der Waals surface area contributed by atoms with Crippen LogP contribution in [0, 0.1) is 35.3 Å². The zero-order valence-corrected chi connectivity index (χ0v) is 18.1. The van der Waals surface area contributed by atoms with Gasteiger partial charge in [0.05, 0.1) is 17.6 Å². The fourth-order valence-electron chi connectivity index (χ4n) is 5.45. The molecule has 1 saturated heterocycles. The fourth-order valence-corrected chi connectivity index (χ4v) is 5.45. The van der Waals surface area contributed by atoms with Crippen molar-refractivity contribution in [2.45, 2.75) is 52.8 Å². The Hall–Kier alpha value is -2.74. The lowest BCUT2D eigenvalue weighted by Gasteiger charge is -2.57. The Balaban J connectivity index is 1.48. The molecule has 0 radical (unpaired) electrons. The second-order valence-corrected chi connectivity index (χ2v) is 9.06. The molecule has 1 amide bonds. The molecule has 1 saturated carbocycles. The SMILES string of the molecule is Cc1nn(Cc2ccc(C(=O)N(C)C3C4CCOC4C3(C)C)cc2)c(C)c1[N+](=O)[O-]. The number of carbonyl (C=O) groups is 1. The summed E-state index contributed by atoms with van der Waals surface area (Å²) in [5.41, 5.74) is 2.51. The predicted molar refractivity (Wildman–Crippen MR) is 111 cm³/mol. The molecule has 0 bridgehead atoms. The number of nitro groups is 1. The summed E-state index contributed by atoms with van der Waals surface area (Å²) in [6.45, 7) is 8.87. The van der Waals surface area contributed by atoms with Crippen molar-refractivity contribution in [1.82, 2.24) is 14.7 Å². The molecule has 2 heterocycles. The third kappa shape index (κ3) is 3.10. The summed E-state index contributed by atoms with van der Waals surface area (Å²) in [5.74, 6) is 0.418. The molecule has 1 aromatic heterocycles. The van der Waals surface area contributed by atoms with Gasteiger partial charge in [0.2, 0.25) is 0 Å². The Morgan fingerprint density at radius 2 is 2.00 bits per heavy atom. The van der Waals surface area contributed by atoms with Crippen LogP contribution in [0.25, 0.3) is 0 Å². The van der Waals surface area contributed by atoms with Gasteiger partial charge < -0.3 is 9.64 Å². The van der Waals surface area contributed by atoms with Crippen LogP contribution < -0.4 is 0 Å². The van der Waals surface area contributed by atoms with Crippen molar-refractivity contribution in [3.8, 4) is 0 Å². The van der Waals surface area contributed by atoms with Crippen molar-refractivity contribution < 1.29 is 14.5 Å². The number of hydrogen-bond donors (Lipinski definition) is 0. The monoisotopic (exact) mass is 412 g/mol. The predicted octanol–water partition coefficient (Wildman–Crippen LogP) is 3.34. The van der Waals surface area contributed by atoms with E-state index in [9.17, 15) is 14.9 Å². The summed E-state index contributed by atoms with van der Waals surface area (Å²) < 4.78 is 7.48. The van der Waals surface area contributed by atoms with Gasteiger partial charge in [0.1, 0.15) is 11.4 Å². The molecular formula is C22H28N4O4. The Bertz CT molecular complexity index is 995. The largest absolute Gasteiger partial charge is 0.377 e. The summed E-state index contributed by atoms with van der Waals surface area (Å²) in [5, 5.41) is 15.5. The third-order valence-corrected chi connectivity index (χ3v) is 6.84. The summed E-state index contributed by atoms with van der Waals surface area (Å²) in [7, 11) is 1.88. The minimum atomic E-state index is -0.395. The van der Waals surface area contributed by atoms with E-state index in [1.165, 1.54) is 0 Å². The van der Waals surface area contributed by atoms with Gasteiger partial charge in [-0.25, -0.2) is 0 Å². The first-order valence-electron chi connectivity index (χ1n) is 10.3. The Labute approximate surface area is 176 Å². The highest BCUT2D eigenvalue weighted by atomic mass is 16.6. The molecule has 1 aliphatic carbocycles. The van der Waals surface area contributed by atoms with E-state index < -0.39 is 4.92 Å². The van der Waals surface area contributed by atoms with Crippen LogP contribution in [-0.2, 0) is 11.3 Å². The molecule has 1 aliphatic heterocycles. The summed E-state index contributed by atoms with van der Waals surface area (Å²) >= 11 is 0. The third-order valence-electron chi connectivity index (χ3n) is 6.84. The smallest absolute Gasteiger partial charge is 0.312 e. The molecule has 2 aromatic rings. The number of aryl methyl sites for hydroxylation is 1. The van der Waals surface area contributed by atoms with Crippen LogP contribution in [0.15, 0.2) is 24.3 Å². The van der Waals surface area contributed by atoms with E-state index in [-0.39, 0.29) is 29.2 Å². The molecule has 1 aromatic carbocycles. The number of rotatable bonds is 5. The second-order valence-electron chi connectivity index (χ2n) is 9.06. The Morgan fingerprint density at radius 1 is 1.33 bits per heavy atom. The number of fused-ring (bicyclic) bond motifs is 1. The molecule has 8 nitrogen and oxygen atoms in total. The second kappa shape index (κ2) is 7.19. The number of nitrogens with zero attached hydrogens (tertiary/aromatic N) is 4. The topological polar surface area (TPSA) is 90.5 Å². The molecule has 2 aliphatic rings. The number of hydrogen-bond acceptors (Lipinski definition) is 5. The van der Waals surface area contributed by atoms with Gasteiger partial charge in [-0.2, -0.15) is 5.10 Å². The minimum absolute atomic E-state index is 0.00623. The van der Waals surface area contributed by atoms with Gasteiger partial charge in [0.15, 0.2) is 0 Å². The number of ether oxygens (including phenoxy) is 1. The van der Waals surface area contributed by atoms with Gasteiger partial charge in [-0.1, -0.05) is 26.0 Å². The van der Waals surface area contributed by atoms with Crippen LogP contribution in [0.3, 0.4) is 0 Å². The maximum atomic E-state index is 13.1. The highest BCUT2D eigenvalue weighted by Gasteiger charge is 2.61. The van der Waals surface area contributed by atoms with E-state index >= 15 is 0 Å². The van der Waals surface area contributed by atoms with E-state index in [0.29, 0.717) is 29.4 Å². The van der Waals surface area contributed by atoms with Crippen molar-refractivity contribution in [3.05, 3.63) is 56.9 Å². The zero-order valence-electron chi connectivity index (χ0n) is 18.1.